The van der Waals surface area contributed by atoms with Crippen molar-refractivity contribution in [1.29, 1.82) is 0 Å². The lowest BCUT2D eigenvalue weighted by atomic mass is 10.2. The Kier molecular flexibility index (Phi) is 7.10. The Morgan fingerprint density at radius 3 is 2.52 bits per heavy atom. The third-order valence-corrected chi connectivity index (χ3v) is 5.03. The van der Waals surface area contributed by atoms with Crippen LogP contribution in [0.4, 0.5) is 0 Å². The van der Waals surface area contributed by atoms with Gasteiger partial charge in [-0.15, -0.1) is 0 Å². The minimum Gasteiger partial charge on any atom is -0.495 e. The van der Waals surface area contributed by atoms with E-state index in [0.717, 1.165) is 28.2 Å². The summed E-state index contributed by atoms with van der Waals surface area (Å²) in [6.07, 6.45) is 1.51. The van der Waals surface area contributed by atoms with Gasteiger partial charge in [0.05, 0.1) is 18.3 Å². The fourth-order valence-corrected chi connectivity index (χ4v) is 3.43. The van der Waals surface area contributed by atoms with Gasteiger partial charge in [0.1, 0.15) is 5.75 Å². The minimum absolute atomic E-state index is 0.266. The molecule has 0 spiro atoms. The van der Waals surface area contributed by atoms with Gasteiger partial charge in [-0.25, -0.2) is 5.43 Å². The highest BCUT2D eigenvalue weighted by Crippen LogP contribution is 2.28. The van der Waals surface area contributed by atoms with Crippen molar-refractivity contribution in [1.82, 2.24) is 15.3 Å². The molecule has 2 N–H and O–H groups in total. The van der Waals surface area contributed by atoms with Gasteiger partial charge in [-0.2, -0.15) is 5.10 Å². The number of rotatable bonds is 6. The lowest BCUT2D eigenvalue weighted by Crippen LogP contribution is -2.37. The normalized spacial score (nSPS) is 10.8. The topological polar surface area (TPSA) is 84.7 Å². The maximum absolute atomic E-state index is 12.0. The summed E-state index contributed by atoms with van der Waals surface area (Å²) in [5.41, 5.74) is 6.71. The van der Waals surface area contributed by atoms with E-state index < -0.39 is 11.8 Å². The van der Waals surface area contributed by atoms with E-state index in [4.69, 9.17) is 16.3 Å². The minimum atomic E-state index is -0.831. The third kappa shape index (κ3) is 5.32. The van der Waals surface area contributed by atoms with Crippen LogP contribution in [0, 0.1) is 13.8 Å². The second kappa shape index (κ2) is 9.95. The van der Waals surface area contributed by atoms with Crippen molar-refractivity contribution in [2.24, 2.45) is 5.10 Å². The molecule has 2 aromatic carbocycles. The monoisotopic (exact) mass is 438 g/mol. The Morgan fingerprint density at radius 2 is 1.84 bits per heavy atom. The van der Waals surface area contributed by atoms with Crippen LogP contribution in [0.3, 0.4) is 0 Å². The summed E-state index contributed by atoms with van der Waals surface area (Å²) >= 11 is 6.25. The van der Waals surface area contributed by atoms with Crippen molar-refractivity contribution in [3.63, 3.8) is 0 Å². The lowest BCUT2D eigenvalue weighted by molar-refractivity contribution is -0.139. The molecule has 0 unspecified atom stereocenters. The van der Waals surface area contributed by atoms with Crippen LogP contribution in [0.2, 0.25) is 5.02 Å². The predicted molar refractivity (Wildman–Crippen MR) is 121 cm³/mol. The van der Waals surface area contributed by atoms with E-state index in [1.807, 2.05) is 66.9 Å². The van der Waals surface area contributed by atoms with Crippen LogP contribution in [-0.2, 0) is 16.1 Å². The molecule has 0 aliphatic heterocycles. The summed E-state index contributed by atoms with van der Waals surface area (Å²) in [7, 11) is 1.57. The van der Waals surface area contributed by atoms with Gasteiger partial charge in [0.15, 0.2) is 0 Å². The molecule has 0 fully saturated rings. The SMILES string of the molecule is COc1ccc(-n2c(C)cc(/C=N\NC(=O)C(=O)NCc3ccccc3)c2C)cc1Cl. The second-order valence-electron chi connectivity index (χ2n) is 6.85. The molecule has 0 radical (unpaired) electrons. The first-order chi connectivity index (χ1) is 14.9. The van der Waals surface area contributed by atoms with Crippen LogP contribution in [0.25, 0.3) is 5.69 Å². The van der Waals surface area contributed by atoms with Crippen molar-refractivity contribution in [2.45, 2.75) is 20.4 Å². The molecule has 0 aliphatic rings. The van der Waals surface area contributed by atoms with E-state index in [-0.39, 0.29) is 6.54 Å². The van der Waals surface area contributed by atoms with Crippen LogP contribution in [0.5, 0.6) is 5.75 Å². The van der Waals surface area contributed by atoms with E-state index in [0.29, 0.717) is 10.8 Å². The van der Waals surface area contributed by atoms with E-state index in [1.165, 1.54) is 6.21 Å². The highest BCUT2D eigenvalue weighted by Gasteiger charge is 2.13. The van der Waals surface area contributed by atoms with E-state index in [2.05, 4.69) is 15.8 Å². The smallest absolute Gasteiger partial charge is 0.329 e. The molecule has 0 atom stereocenters. The zero-order valence-electron chi connectivity index (χ0n) is 17.5. The standard InChI is InChI=1S/C23H23ClN4O3/c1-15-11-18(16(2)28(15)19-9-10-21(31-3)20(24)12-19)14-26-27-23(30)22(29)25-13-17-7-5-4-6-8-17/h4-12,14H,13H2,1-3H3,(H,25,29)(H,27,30)/b26-14-. The Balaban J connectivity index is 1.65. The number of hydrogen-bond acceptors (Lipinski definition) is 4. The van der Waals surface area contributed by atoms with E-state index in [9.17, 15) is 9.59 Å². The Labute approximate surface area is 185 Å². The summed E-state index contributed by atoms with van der Waals surface area (Å²) in [5.74, 6) is -0.981. The second-order valence-corrected chi connectivity index (χ2v) is 7.26. The lowest BCUT2D eigenvalue weighted by Gasteiger charge is -2.11. The van der Waals surface area contributed by atoms with Crippen molar-refractivity contribution in [3.8, 4) is 11.4 Å². The quantitative estimate of drug-likeness (QED) is 0.351. The van der Waals surface area contributed by atoms with Crippen molar-refractivity contribution >= 4 is 29.6 Å². The van der Waals surface area contributed by atoms with Crippen molar-refractivity contribution in [2.75, 3.05) is 7.11 Å². The zero-order chi connectivity index (χ0) is 22.4. The molecule has 0 aliphatic carbocycles. The Hall–Kier alpha value is -3.58. The molecule has 7 nitrogen and oxygen atoms in total. The fraction of sp³-hybridized carbons (Fsp3) is 0.174. The zero-order valence-corrected chi connectivity index (χ0v) is 18.2. The number of benzene rings is 2. The summed E-state index contributed by atoms with van der Waals surface area (Å²) in [5, 5.41) is 6.99. The number of methoxy groups -OCH3 is 1. The largest absolute Gasteiger partial charge is 0.495 e. The molecule has 0 saturated carbocycles. The van der Waals surface area contributed by atoms with E-state index in [1.54, 1.807) is 13.2 Å². The first-order valence-corrected chi connectivity index (χ1v) is 9.96. The average molecular weight is 439 g/mol. The highest BCUT2D eigenvalue weighted by molar-refractivity contribution is 6.35. The molecular formula is C23H23ClN4O3. The molecule has 0 saturated heterocycles. The summed E-state index contributed by atoms with van der Waals surface area (Å²) < 4.78 is 7.22. The summed E-state index contributed by atoms with van der Waals surface area (Å²) in [6.45, 7) is 4.15. The van der Waals surface area contributed by atoms with Crippen LogP contribution in [0.1, 0.15) is 22.5 Å². The molecule has 2 amide bonds. The number of hydrazone groups is 1. The molecule has 8 heteroatoms. The van der Waals surface area contributed by atoms with Crippen LogP contribution < -0.4 is 15.5 Å². The number of nitrogens with zero attached hydrogens (tertiary/aromatic N) is 2. The molecule has 3 aromatic rings. The maximum Gasteiger partial charge on any atom is 0.329 e. The molecular weight excluding hydrogens is 416 g/mol. The number of carbonyl (C=O) groups is 2. The van der Waals surface area contributed by atoms with Gasteiger partial charge in [0, 0.05) is 29.2 Å². The van der Waals surface area contributed by atoms with Crippen LogP contribution in [-0.4, -0.2) is 29.7 Å². The Morgan fingerprint density at radius 1 is 1.10 bits per heavy atom. The van der Waals surface area contributed by atoms with Gasteiger partial charge in [-0.1, -0.05) is 41.9 Å². The van der Waals surface area contributed by atoms with E-state index >= 15 is 0 Å². The van der Waals surface area contributed by atoms with Gasteiger partial charge >= 0.3 is 11.8 Å². The number of ether oxygens (including phenoxy) is 1. The van der Waals surface area contributed by atoms with Crippen LogP contribution in [0.15, 0.2) is 59.7 Å². The highest BCUT2D eigenvalue weighted by atomic mass is 35.5. The molecule has 3 rings (SSSR count). The first kappa shape index (κ1) is 22.1. The molecule has 31 heavy (non-hydrogen) atoms. The molecule has 1 heterocycles. The summed E-state index contributed by atoms with van der Waals surface area (Å²) in [4.78, 5) is 23.9. The number of carbonyl (C=O) groups excluding carboxylic acids is 2. The number of nitrogens with one attached hydrogen (secondary N) is 2. The molecule has 1 aromatic heterocycles. The van der Waals surface area contributed by atoms with Gasteiger partial charge < -0.3 is 14.6 Å². The van der Waals surface area contributed by atoms with Gasteiger partial charge in [0.25, 0.3) is 0 Å². The third-order valence-electron chi connectivity index (χ3n) is 4.74. The number of amides is 2. The van der Waals surface area contributed by atoms with Gasteiger partial charge in [0.2, 0.25) is 0 Å². The van der Waals surface area contributed by atoms with Gasteiger partial charge in [-0.05, 0) is 43.7 Å². The number of halogens is 1. The number of aryl methyl sites for hydroxylation is 1. The molecule has 160 valence electrons. The number of aromatic nitrogens is 1. The van der Waals surface area contributed by atoms with Gasteiger partial charge in [-0.3, -0.25) is 9.59 Å². The predicted octanol–water partition coefficient (Wildman–Crippen LogP) is 3.52. The van der Waals surface area contributed by atoms with Crippen molar-refractivity contribution < 1.29 is 14.3 Å². The first-order valence-electron chi connectivity index (χ1n) is 9.58. The van der Waals surface area contributed by atoms with Crippen molar-refractivity contribution in [3.05, 3.63) is 82.1 Å². The average Bonchev–Trinajstić information content (AvgIpc) is 3.05. The molecule has 0 bridgehead atoms. The van der Waals surface area contributed by atoms with Crippen LogP contribution >= 0.6 is 11.6 Å². The maximum atomic E-state index is 12.0. The fourth-order valence-electron chi connectivity index (χ4n) is 3.18. The Bertz CT molecular complexity index is 1120. The summed E-state index contributed by atoms with van der Waals surface area (Å²) in [6, 6.07) is 16.8. The number of hydrogen-bond donors (Lipinski definition) is 2.